The van der Waals surface area contributed by atoms with Crippen molar-refractivity contribution in [3.05, 3.63) is 59.7 Å². The van der Waals surface area contributed by atoms with Crippen LogP contribution in [-0.4, -0.2) is 12.3 Å². The van der Waals surface area contributed by atoms with Crippen molar-refractivity contribution >= 4 is 17.4 Å². The second kappa shape index (κ2) is 7.25. The zero-order valence-electron chi connectivity index (χ0n) is 11.6. The predicted octanol–water partition coefficient (Wildman–Crippen LogP) is 4.90. The third-order valence-electron chi connectivity index (χ3n) is 3.01. The Labute approximate surface area is 120 Å². The maximum atomic E-state index is 3.44. The van der Waals surface area contributed by atoms with E-state index in [1.54, 1.807) is 0 Å². The lowest BCUT2D eigenvalue weighted by Gasteiger charge is -2.08. The molecule has 1 N–H and O–H groups in total. The monoisotopic (exact) mass is 271 g/mol. The lowest BCUT2D eigenvalue weighted by atomic mass is 10.2. The number of nitrogens with one attached hydrogen (secondary N) is 1. The van der Waals surface area contributed by atoms with E-state index in [1.807, 2.05) is 17.8 Å². The summed E-state index contributed by atoms with van der Waals surface area (Å²) in [5, 5.41) is 3.44. The molecular weight excluding hydrogens is 250 g/mol. The van der Waals surface area contributed by atoms with Gasteiger partial charge in [0.25, 0.3) is 0 Å². The van der Waals surface area contributed by atoms with Gasteiger partial charge in [0.1, 0.15) is 0 Å². The Morgan fingerprint density at radius 3 is 2.53 bits per heavy atom. The molecule has 1 nitrogen and oxygen atoms in total. The van der Waals surface area contributed by atoms with Crippen LogP contribution < -0.4 is 5.32 Å². The van der Waals surface area contributed by atoms with Crippen LogP contribution in [0.15, 0.2) is 53.4 Å². The topological polar surface area (TPSA) is 12.0 Å². The van der Waals surface area contributed by atoms with E-state index in [4.69, 9.17) is 0 Å². The van der Waals surface area contributed by atoms with Crippen molar-refractivity contribution in [3.63, 3.8) is 0 Å². The van der Waals surface area contributed by atoms with E-state index in [0.717, 1.165) is 12.3 Å². The van der Waals surface area contributed by atoms with E-state index < -0.39 is 0 Å². The maximum absolute atomic E-state index is 3.44. The summed E-state index contributed by atoms with van der Waals surface area (Å²) < 4.78 is 0. The number of hydrogen-bond donors (Lipinski definition) is 1. The van der Waals surface area contributed by atoms with Gasteiger partial charge in [0.15, 0.2) is 0 Å². The second-order valence-corrected chi connectivity index (χ2v) is 5.90. The summed E-state index contributed by atoms with van der Waals surface area (Å²) in [6.45, 7) is 5.37. The van der Waals surface area contributed by atoms with Crippen molar-refractivity contribution in [1.82, 2.24) is 0 Å². The normalized spacial score (nSPS) is 10.4. The SMILES string of the molecule is Cc1ccc(SCCCNc2ccccc2)c(C)c1. The summed E-state index contributed by atoms with van der Waals surface area (Å²) in [7, 11) is 0. The Hall–Kier alpha value is -1.41. The fourth-order valence-electron chi connectivity index (χ4n) is 2.00. The Kier molecular flexibility index (Phi) is 5.34. The van der Waals surface area contributed by atoms with Gasteiger partial charge in [-0.15, -0.1) is 11.8 Å². The van der Waals surface area contributed by atoms with E-state index in [2.05, 4.69) is 61.6 Å². The van der Waals surface area contributed by atoms with Crippen LogP contribution in [0.2, 0.25) is 0 Å². The first-order chi connectivity index (χ1) is 9.25. The summed E-state index contributed by atoms with van der Waals surface area (Å²) >= 11 is 1.95. The highest BCUT2D eigenvalue weighted by atomic mass is 32.2. The van der Waals surface area contributed by atoms with Crippen molar-refractivity contribution < 1.29 is 0 Å². The highest BCUT2D eigenvalue weighted by Gasteiger charge is 1.99. The molecule has 0 unspecified atom stereocenters. The molecule has 0 aliphatic heterocycles. The smallest absolute Gasteiger partial charge is 0.0340 e. The zero-order chi connectivity index (χ0) is 13.5. The molecule has 0 aliphatic carbocycles. The molecule has 0 spiro atoms. The first kappa shape index (κ1) is 14.0. The van der Waals surface area contributed by atoms with Gasteiger partial charge in [0.2, 0.25) is 0 Å². The molecule has 0 radical (unpaired) electrons. The third kappa shape index (κ3) is 4.64. The number of hydrogen-bond acceptors (Lipinski definition) is 2. The number of benzene rings is 2. The average Bonchev–Trinajstić information content (AvgIpc) is 2.42. The van der Waals surface area contributed by atoms with Crippen LogP contribution in [0.5, 0.6) is 0 Å². The third-order valence-corrected chi connectivity index (χ3v) is 4.27. The number of aryl methyl sites for hydroxylation is 2. The standard InChI is InChI=1S/C17H21NS/c1-14-9-10-17(15(2)13-14)19-12-6-11-18-16-7-4-3-5-8-16/h3-5,7-10,13,18H,6,11-12H2,1-2H3. The van der Waals surface area contributed by atoms with Crippen LogP contribution >= 0.6 is 11.8 Å². The zero-order valence-corrected chi connectivity index (χ0v) is 12.5. The van der Waals surface area contributed by atoms with Crippen LogP contribution in [0.25, 0.3) is 0 Å². The van der Waals surface area contributed by atoms with Crippen LogP contribution in [0.1, 0.15) is 17.5 Å². The van der Waals surface area contributed by atoms with Gasteiger partial charge < -0.3 is 5.32 Å². The van der Waals surface area contributed by atoms with Gasteiger partial charge >= 0.3 is 0 Å². The number of thioether (sulfide) groups is 1. The first-order valence-electron chi connectivity index (χ1n) is 6.75. The summed E-state index contributed by atoms with van der Waals surface area (Å²) in [5.74, 6) is 1.16. The molecule has 0 amide bonds. The molecule has 0 aromatic heterocycles. The van der Waals surface area contributed by atoms with E-state index in [0.29, 0.717) is 0 Å². The minimum Gasteiger partial charge on any atom is -0.385 e. The van der Waals surface area contributed by atoms with Crippen LogP contribution in [0, 0.1) is 13.8 Å². The molecule has 0 atom stereocenters. The fourth-order valence-corrected chi connectivity index (χ4v) is 2.96. The fraction of sp³-hybridized carbons (Fsp3) is 0.294. The molecule has 0 heterocycles. The maximum Gasteiger partial charge on any atom is 0.0340 e. The highest BCUT2D eigenvalue weighted by molar-refractivity contribution is 7.99. The van der Waals surface area contributed by atoms with Gasteiger partial charge in [-0.3, -0.25) is 0 Å². The minimum atomic E-state index is 1.03. The Balaban J connectivity index is 1.69. The number of para-hydroxylation sites is 1. The molecule has 2 heteroatoms. The first-order valence-corrected chi connectivity index (χ1v) is 7.73. The summed E-state index contributed by atoms with van der Waals surface area (Å²) in [6, 6.07) is 17.1. The van der Waals surface area contributed by atoms with Crippen LogP contribution in [0.3, 0.4) is 0 Å². The lowest BCUT2D eigenvalue weighted by Crippen LogP contribution is -2.02. The molecule has 100 valence electrons. The van der Waals surface area contributed by atoms with Crippen molar-refractivity contribution in [2.75, 3.05) is 17.6 Å². The predicted molar refractivity (Wildman–Crippen MR) is 86.2 cm³/mol. The van der Waals surface area contributed by atoms with E-state index in [-0.39, 0.29) is 0 Å². The van der Waals surface area contributed by atoms with Gasteiger partial charge in [-0.1, -0.05) is 35.9 Å². The van der Waals surface area contributed by atoms with Crippen molar-refractivity contribution in [2.24, 2.45) is 0 Å². The largest absolute Gasteiger partial charge is 0.385 e. The van der Waals surface area contributed by atoms with Crippen LogP contribution in [-0.2, 0) is 0 Å². The Morgan fingerprint density at radius 2 is 1.79 bits per heavy atom. The summed E-state index contributed by atoms with van der Waals surface area (Å²) in [5.41, 5.74) is 3.94. The molecule has 2 aromatic carbocycles. The molecule has 2 aromatic rings. The number of rotatable bonds is 6. The Bertz CT molecular complexity index is 508. The van der Waals surface area contributed by atoms with Crippen molar-refractivity contribution in [3.8, 4) is 0 Å². The minimum absolute atomic E-state index is 1.03. The average molecular weight is 271 g/mol. The second-order valence-electron chi connectivity index (χ2n) is 4.76. The van der Waals surface area contributed by atoms with Gasteiger partial charge in [0.05, 0.1) is 0 Å². The molecule has 0 saturated carbocycles. The van der Waals surface area contributed by atoms with E-state index in [9.17, 15) is 0 Å². The van der Waals surface area contributed by atoms with Crippen molar-refractivity contribution in [1.29, 1.82) is 0 Å². The van der Waals surface area contributed by atoms with Gasteiger partial charge in [-0.05, 0) is 49.8 Å². The molecule has 0 bridgehead atoms. The molecule has 2 rings (SSSR count). The van der Waals surface area contributed by atoms with Gasteiger partial charge in [0, 0.05) is 17.1 Å². The number of anilines is 1. The summed E-state index contributed by atoms with van der Waals surface area (Å²) in [4.78, 5) is 1.41. The quantitative estimate of drug-likeness (QED) is 0.592. The van der Waals surface area contributed by atoms with Gasteiger partial charge in [-0.25, -0.2) is 0 Å². The molecule has 0 aliphatic rings. The highest BCUT2D eigenvalue weighted by Crippen LogP contribution is 2.23. The summed E-state index contributed by atoms with van der Waals surface area (Å²) in [6.07, 6.45) is 1.17. The molecule has 0 saturated heterocycles. The molecular formula is C17H21NS. The lowest BCUT2D eigenvalue weighted by molar-refractivity contribution is 0.991. The van der Waals surface area contributed by atoms with E-state index >= 15 is 0 Å². The van der Waals surface area contributed by atoms with Crippen molar-refractivity contribution in [2.45, 2.75) is 25.2 Å². The molecule has 19 heavy (non-hydrogen) atoms. The van der Waals surface area contributed by atoms with Crippen LogP contribution in [0.4, 0.5) is 5.69 Å². The Morgan fingerprint density at radius 1 is 1.00 bits per heavy atom. The molecule has 0 fully saturated rings. The van der Waals surface area contributed by atoms with E-state index in [1.165, 1.54) is 28.1 Å². The van der Waals surface area contributed by atoms with Gasteiger partial charge in [-0.2, -0.15) is 0 Å².